The number of phenolic OH excluding ortho intramolecular Hbond substituents is 1. The van der Waals surface area contributed by atoms with Crippen LogP contribution >= 0.6 is 0 Å². The van der Waals surface area contributed by atoms with Gasteiger partial charge in [-0.2, -0.15) is 0 Å². The third kappa shape index (κ3) is 3.72. The van der Waals surface area contributed by atoms with Gasteiger partial charge in [-0.25, -0.2) is 0 Å². The lowest BCUT2D eigenvalue weighted by molar-refractivity contribution is 0.103. The van der Waals surface area contributed by atoms with Crippen LogP contribution in [0, 0.1) is 0 Å². The van der Waals surface area contributed by atoms with Crippen LogP contribution in [0.4, 0.5) is 0 Å². The number of ether oxygens (including phenoxy) is 1. The summed E-state index contributed by atoms with van der Waals surface area (Å²) >= 11 is 0. The van der Waals surface area contributed by atoms with Gasteiger partial charge in [0.05, 0.1) is 12.2 Å². The molecule has 2 aliphatic carbocycles. The average Bonchev–Trinajstić information content (AvgIpc) is 2.64. The molecule has 0 amide bonds. The number of ketones is 1. The molecule has 0 unspecified atom stereocenters. The quantitative estimate of drug-likeness (QED) is 0.518. The molecule has 3 nitrogen and oxygen atoms in total. The van der Waals surface area contributed by atoms with Crippen molar-refractivity contribution in [1.82, 2.24) is 0 Å². The summed E-state index contributed by atoms with van der Waals surface area (Å²) in [6, 6.07) is 22.3. The molecule has 1 N–H and O–H groups in total. The zero-order chi connectivity index (χ0) is 17.6. The van der Waals surface area contributed by atoms with Gasteiger partial charge < -0.3 is 9.84 Å². The highest BCUT2D eigenvalue weighted by atomic mass is 16.5. The van der Waals surface area contributed by atoms with E-state index in [9.17, 15) is 9.90 Å². The normalized spacial score (nSPS) is 10.4. The van der Waals surface area contributed by atoms with Crippen LogP contribution in [-0.4, -0.2) is 17.5 Å². The van der Waals surface area contributed by atoms with Crippen molar-refractivity contribution in [3.63, 3.8) is 0 Å². The SMILES string of the molecule is CCCOc1cccc(C(=O)c2ccccc2)c1O.c1cc2ccc1-2. The molecular formula is C22H20O3. The van der Waals surface area contributed by atoms with E-state index in [1.165, 1.54) is 11.1 Å². The van der Waals surface area contributed by atoms with Gasteiger partial charge in [0.1, 0.15) is 0 Å². The maximum absolute atomic E-state index is 12.3. The van der Waals surface area contributed by atoms with Crippen LogP contribution in [0.15, 0.2) is 72.8 Å². The number of hydrogen-bond acceptors (Lipinski definition) is 3. The molecule has 0 saturated carbocycles. The topological polar surface area (TPSA) is 46.5 Å². The summed E-state index contributed by atoms with van der Waals surface area (Å²) in [5.41, 5.74) is 3.66. The smallest absolute Gasteiger partial charge is 0.196 e. The molecule has 2 aromatic carbocycles. The van der Waals surface area contributed by atoms with E-state index in [0.29, 0.717) is 17.9 Å². The van der Waals surface area contributed by atoms with Crippen molar-refractivity contribution >= 4 is 5.78 Å². The first-order valence-corrected chi connectivity index (χ1v) is 8.35. The van der Waals surface area contributed by atoms with Gasteiger partial charge in [0.15, 0.2) is 17.3 Å². The lowest BCUT2D eigenvalue weighted by Crippen LogP contribution is -2.03. The minimum Gasteiger partial charge on any atom is -0.504 e. The number of rotatable bonds is 5. The van der Waals surface area contributed by atoms with Gasteiger partial charge >= 0.3 is 0 Å². The second kappa shape index (κ2) is 7.67. The summed E-state index contributed by atoms with van der Waals surface area (Å²) < 4.78 is 5.41. The highest BCUT2D eigenvalue weighted by Crippen LogP contribution is 2.31. The van der Waals surface area contributed by atoms with Crippen molar-refractivity contribution in [2.24, 2.45) is 0 Å². The lowest BCUT2D eigenvalue weighted by atomic mass is 9.95. The van der Waals surface area contributed by atoms with E-state index in [1.807, 2.05) is 13.0 Å². The van der Waals surface area contributed by atoms with E-state index in [1.54, 1.807) is 42.5 Å². The number of carbonyl (C=O) groups is 1. The van der Waals surface area contributed by atoms with Crippen molar-refractivity contribution in [3.8, 4) is 22.6 Å². The summed E-state index contributed by atoms with van der Waals surface area (Å²) in [6.07, 6.45) is 0.844. The lowest BCUT2D eigenvalue weighted by Gasteiger charge is -2.10. The van der Waals surface area contributed by atoms with E-state index < -0.39 is 0 Å². The fraction of sp³-hybridized carbons (Fsp3) is 0.136. The molecule has 0 atom stereocenters. The Balaban J connectivity index is 0.000000250. The molecule has 0 aromatic heterocycles. The van der Waals surface area contributed by atoms with E-state index >= 15 is 0 Å². The number of phenols is 1. The molecule has 0 radical (unpaired) electrons. The second-order valence-corrected chi connectivity index (χ2v) is 5.77. The summed E-state index contributed by atoms with van der Waals surface area (Å²) in [5, 5.41) is 10.1. The summed E-state index contributed by atoms with van der Waals surface area (Å²) in [5.74, 6) is 0.0495. The van der Waals surface area contributed by atoms with Gasteiger partial charge in [-0.1, -0.05) is 67.6 Å². The Bertz CT molecular complexity index is 831. The third-order valence-electron chi connectivity index (χ3n) is 3.96. The largest absolute Gasteiger partial charge is 0.504 e. The van der Waals surface area contributed by atoms with Gasteiger partial charge in [0.25, 0.3) is 0 Å². The molecule has 2 aromatic rings. The minimum atomic E-state index is -0.208. The fourth-order valence-corrected chi connectivity index (χ4v) is 2.44. The average molecular weight is 332 g/mol. The standard InChI is InChI=1S/C16H16O3.C6H4/c1-2-11-19-14-10-6-9-13(16(14)18)15(17)12-7-4-3-5-8-12;1-2-6-4-3-5(1)6/h3-10,18H,2,11H2,1H3;1-4H. The van der Waals surface area contributed by atoms with Crippen LogP contribution in [0.1, 0.15) is 29.3 Å². The molecule has 0 aliphatic heterocycles. The Morgan fingerprint density at radius 3 is 2.04 bits per heavy atom. The van der Waals surface area contributed by atoms with E-state index in [4.69, 9.17) is 4.74 Å². The molecule has 4 rings (SSSR count). The molecule has 25 heavy (non-hydrogen) atoms. The number of benzene rings is 3. The summed E-state index contributed by atoms with van der Waals surface area (Å²) in [6.45, 7) is 2.49. The van der Waals surface area contributed by atoms with Gasteiger partial charge in [-0.3, -0.25) is 4.79 Å². The maximum atomic E-state index is 12.3. The Morgan fingerprint density at radius 1 is 0.880 bits per heavy atom. The Kier molecular flexibility index (Phi) is 5.14. The summed E-state index contributed by atoms with van der Waals surface area (Å²) in [7, 11) is 0. The van der Waals surface area contributed by atoms with Crippen LogP contribution in [0.3, 0.4) is 0 Å². The van der Waals surface area contributed by atoms with Gasteiger partial charge in [0.2, 0.25) is 0 Å². The van der Waals surface area contributed by atoms with Crippen LogP contribution in [0.5, 0.6) is 11.5 Å². The Hall–Kier alpha value is -3.07. The van der Waals surface area contributed by atoms with Crippen LogP contribution in [0.25, 0.3) is 11.1 Å². The van der Waals surface area contributed by atoms with E-state index in [0.717, 1.165) is 6.42 Å². The molecule has 0 heterocycles. The Morgan fingerprint density at radius 2 is 1.52 bits per heavy atom. The van der Waals surface area contributed by atoms with Gasteiger partial charge in [-0.15, -0.1) is 0 Å². The van der Waals surface area contributed by atoms with Crippen molar-refractivity contribution in [3.05, 3.63) is 83.9 Å². The highest BCUT2D eigenvalue weighted by molar-refractivity contribution is 6.11. The molecule has 0 bridgehead atoms. The van der Waals surface area contributed by atoms with Crippen molar-refractivity contribution in [2.75, 3.05) is 6.61 Å². The third-order valence-corrected chi connectivity index (χ3v) is 3.96. The van der Waals surface area contributed by atoms with Crippen molar-refractivity contribution in [2.45, 2.75) is 13.3 Å². The molecule has 0 saturated heterocycles. The van der Waals surface area contributed by atoms with E-state index in [-0.39, 0.29) is 17.1 Å². The van der Waals surface area contributed by atoms with Gasteiger partial charge in [-0.05, 0) is 29.7 Å². The molecule has 0 spiro atoms. The van der Waals surface area contributed by atoms with Crippen LogP contribution in [-0.2, 0) is 0 Å². The monoisotopic (exact) mass is 332 g/mol. The molecular weight excluding hydrogens is 312 g/mol. The first kappa shape index (κ1) is 16.8. The zero-order valence-electron chi connectivity index (χ0n) is 14.1. The number of fused-ring (bicyclic) bond motifs is 1. The van der Waals surface area contributed by atoms with Crippen molar-refractivity contribution < 1.29 is 14.6 Å². The zero-order valence-corrected chi connectivity index (χ0v) is 14.1. The number of para-hydroxylation sites is 1. The minimum absolute atomic E-state index is 0.0928. The first-order chi connectivity index (χ1) is 12.2. The van der Waals surface area contributed by atoms with Crippen LogP contribution in [0.2, 0.25) is 0 Å². The number of hydrogen-bond donors (Lipinski definition) is 1. The van der Waals surface area contributed by atoms with E-state index in [2.05, 4.69) is 24.3 Å². The predicted molar refractivity (Wildman–Crippen MR) is 99.2 cm³/mol. The Labute approximate surface area is 147 Å². The summed E-state index contributed by atoms with van der Waals surface area (Å²) in [4.78, 5) is 12.3. The molecule has 3 heteroatoms. The van der Waals surface area contributed by atoms with Gasteiger partial charge in [0, 0.05) is 5.56 Å². The van der Waals surface area contributed by atoms with Crippen LogP contribution < -0.4 is 4.74 Å². The van der Waals surface area contributed by atoms with Crippen molar-refractivity contribution in [1.29, 1.82) is 0 Å². The number of carbonyl (C=O) groups excluding carboxylic acids is 1. The molecule has 126 valence electrons. The molecule has 0 fully saturated rings. The maximum Gasteiger partial charge on any atom is 0.196 e. The first-order valence-electron chi connectivity index (χ1n) is 8.35. The number of aromatic hydroxyl groups is 1. The molecule has 2 aliphatic rings. The highest BCUT2D eigenvalue weighted by Gasteiger charge is 2.16. The predicted octanol–water partition coefficient (Wildman–Crippen LogP) is 5.08. The second-order valence-electron chi connectivity index (χ2n) is 5.77. The fourth-order valence-electron chi connectivity index (χ4n) is 2.44.